The van der Waals surface area contributed by atoms with Crippen molar-refractivity contribution in [2.24, 2.45) is 0 Å². The number of piperazine rings is 1. The Bertz CT molecular complexity index is 1180. The lowest BCUT2D eigenvalue weighted by Gasteiger charge is -2.35. The van der Waals surface area contributed by atoms with Gasteiger partial charge in [0, 0.05) is 57.1 Å². The van der Waals surface area contributed by atoms with E-state index in [9.17, 15) is 24.3 Å². The van der Waals surface area contributed by atoms with E-state index in [1.165, 1.54) is 15.9 Å². The maximum Gasteiger partial charge on any atom is 0.407 e. The molecule has 3 amide bonds. The van der Waals surface area contributed by atoms with Crippen LogP contribution in [0.4, 0.5) is 4.79 Å². The second kappa shape index (κ2) is 13.0. The number of aliphatic carboxylic acids is 1. The highest BCUT2D eigenvalue weighted by Gasteiger charge is 2.31. The van der Waals surface area contributed by atoms with E-state index in [-0.39, 0.29) is 62.5 Å². The van der Waals surface area contributed by atoms with Crippen LogP contribution in [-0.2, 0) is 14.3 Å². The van der Waals surface area contributed by atoms with Crippen molar-refractivity contribution in [3.63, 3.8) is 0 Å². The van der Waals surface area contributed by atoms with Crippen molar-refractivity contribution in [3.8, 4) is 17.3 Å². The fourth-order valence-corrected chi connectivity index (χ4v) is 4.38. The second-order valence-corrected chi connectivity index (χ2v) is 9.26. The van der Waals surface area contributed by atoms with E-state index < -0.39 is 29.9 Å². The molecular formula is C26H31N5O8. The number of nitrogens with one attached hydrogen (secondary N) is 1. The second-order valence-electron chi connectivity index (χ2n) is 9.26. The van der Waals surface area contributed by atoms with Crippen LogP contribution in [0.15, 0.2) is 36.4 Å². The predicted molar refractivity (Wildman–Crippen MR) is 136 cm³/mol. The summed E-state index contributed by atoms with van der Waals surface area (Å²) in [6.45, 7) is 1.64. The maximum atomic E-state index is 13.4. The molecule has 0 radical (unpaired) electrons. The molecular weight excluding hydrogens is 510 g/mol. The minimum Gasteiger partial charge on any atom is -0.481 e. The van der Waals surface area contributed by atoms with Crippen LogP contribution in [0, 0.1) is 0 Å². The van der Waals surface area contributed by atoms with Gasteiger partial charge in [0.25, 0.3) is 5.91 Å². The van der Waals surface area contributed by atoms with Crippen molar-refractivity contribution in [3.05, 3.63) is 42.1 Å². The Hall–Kier alpha value is -4.26. The fraction of sp³-hybridized carbons (Fsp3) is 0.462. The number of benzene rings is 1. The molecule has 2 aromatic rings. The number of carbonyl (C=O) groups excluding carboxylic acids is 2. The van der Waals surface area contributed by atoms with Gasteiger partial charge in [0.1, 0.15) is 17.8 Å². The molecule has 13 nitrogen and oxygen atoms in total. The largest absolute Gasteiger partial charge is 0.481 e. The Labute approximate surface area is 224 Å². The molecule has 0 spiro atoms. The Morgan fingerprint density at radius 1 is 1.00 bits per heavy atom. The molecule has 2 saturated heterocycles. The molecule has 2 aliphatic rings. The SMILES string of the molecule is O=C(O)CC[C@H](NC(=O)c1cc(OC2CCOCC2)nc(-c2ccccc2)n1)C(=O)N1CCN(C(=O)O)CC1. The zero-order valence-electron chi connectivity index (χ0n) is 21.3. The Morgan fingerprint density at radius 2 is 1.67 bits per heavy atom. The Kier molecular flexibility index (Phi) is 9.26. The molecule has 3 heterocycles. The molecule has 2 aliphatic heterocycles. The molecule has 1 aromatic carbocycles. The van der Waals surface area contributed by atoms with Gasteiger partial charge < -0.3 is 34.8 Å². The highest BCUT2D eigenvalue weighted by molar-refractivity contribution is 5.96. The number of rotatable bonds is 9. The summed E-state index contributed by atoms with van der Waals surface area (Å²) in [6, 6.07) is 9.33. The summed E-state index contributed by atoms with van der Waals surface area (Å²) < 4.78 is 11.4. The van der Waals surface area contributed by atoms with Crippen molar-refractivity contribution in [1.29, 1.82) is 0 Å². The average molecular weight is 542 g/mol. The summed E-state index contributed by atoms with van der Waals surface area (Å²) in [5.74, 6) is -1.80. The smallest absolute Gasteiger partial charge is 0.407 e. The van der Waals surface area contributed by atoms with Gasteiger partial charge in [-0.25, -0.2) is 9.78 Å². The molecule has 39 heavy (non-hydrogen) atoms. The predicted octanol–water partition coefficient (Wildman–Crippen LogP) is 1.49. The third-order valence-electron chi connectivity index (χ3n) is 6.54. The first-order chi connectivity index (χ1) is 18.8. The van der Waals surface area contributed by atoms with Gasteiger partial charge in [-0.15, -0.1) is 0 Å². The van der Waals surface area contributed by atoms with E-state index >= 15 is 0 Å². The lowest BCUT2D eigenvalue weighted by Crippen LogP contribution is -2.55. The number of carbonyl (C=O) groups is 4. The molecule has 0 bridgehead atoms. The van der Waals surface area contributed by atoms with Gasteiger partial charge in [0.2, 0.25) is 11.8 Å². The van der Waals surface area contributed by atoms with Crippen LogP contribution >= 0.6 is 0 Å². The van der Waals surface area contributed by atoms with E-state index in [1.54, 1.807) is 12.1 Å². The van der Waals surface area contributed by atoms with Crippen LogP contribution in [0.3, 0.4) is 0 Å². The van der Waals surface area contributed by atoms with Gasteiger partial charge in [0.05, 0.1) is 13.2 Å². The highest BCUT2D eigenvalue weighted by Crippen LogP contribution is 2.22. The molecule has 0 saturated carbocycles. The number of ether oxygens (including phenoxy) is 2. The topological polar surface area (TPSA) is 171 Å². The van der Waals surface area contributed by atoms with Crippen molar-refractivity contribution < 1.29 is 38.9 Å². The number of amides is 3. The first-order valence-corrected chi connectivity index (χ1v) is 12.8. The maximum absolute atomic E-state index is 13.4. The quantitative estimate of drug-likeness (QED) is 0.422. The lowest BCUT2D eigenvalue weighted by molar-refractivity contribution is -0.138. The van der Waals surface area contributed by atoms with Gasteiger partial charge in [0.15, 0.2) is 5.82 Å². The van der Waals surface area contributed by atoms with E-state index in [0.29, 0.717) is 31.6 Å². The molecule has 1 aromatic heterocycles. The molecule has 4 rings (SSSR count). The number of carboxylic acid groups (broad SMARTS) is 2. The third kappa shape index (κ3) is 7.63. The first kappa shape index (κ1) is 27.8. The summed E-state index contributed by atoms with van der Waals surface area (Å²) in [5, 5.41) is 21.0. The Balaban J connectivity index is 1.55. The summed E-state index contributed by atoms with van der Waals surface area (Å²) in [7, 11) is 0. The van der Waals surface area contributed by atoms with Crippen molar-refractivity contribution >= 4 is 23.9 Å². The van der Waals surface area contributed by atoms with Crippen molar-refractivity contribution in [1.82, 2.24) is 25.1 Å². The monoisotopic (exact) mass is 541 g/mol. The average Bonchev–Trinajstić information content (AvgIpc) is 2.95. The number of aromatic nitrogens is 2. The van der Waals surface area contributed by atoms with Crippen LogP contribution < -0.4 is 10.1 Å². The van der Waals surface area contributed by atoms with Crippen LogP contribution in [0.5, 0.6) is 5.88 Å². The number of nitrogens with zero attached hydrogens (tertiary/aromatic N) is 4. The van der Waals surface area contributed by atoms with E-state index in [4.69, 9.17) is 14.6 Å². The summed E-state index contributed by atoms with van der Waals surface area (Å²) in [5.41, 5.74) is 0.633. The van der Waals surface area contributed by atoms with E-state index in [2.05, 4.69) is 15.3 Å². The molecule has 1 atom stereocenters. The van der Waals surface area contributed by atoms with Gasteiger partial charge in [-0.3, -0.25) is 14.4 Å². The Morgan fingerprint density at radius 3 is 2.31 bits per heavy atom. The van der Waals surface area contributed by atoms with Crippen LogP contribution in [0.25, 0.3) is 11.4 Å². The van der Waals surface area contributed by atoms with E-state index in [0.717, 1.165) is 0 Å². The lowest BCUT2D eigenvalue weighted by atomic mass is 10.1. The van der Waals surface area contributed by atoms with E-state index in [1.807, 2.05) is 18.2 Å². The van der Waals surface area contributed by atoms with Crippen molar-refractivity contribution in [2.45, 2.75) is 37.8 Å². The molecule has 208 valence electrons. The van der Waals surface area contributed by atoms with Crippen LogP contribution in [0.1, 0.15) is 36.2 Å². The van der Waals surface area contributed by atoms with Gasteiger partial charge in [-0.05, 0) is 6.42 Å². The molecule has 3 N–H and O–H groups in total. The normalized spacial score (nSPS) is 16.8. The van der Waals surface area contributed by atoms with Crippen LogP contribution in [0.2, 0.25) is 0 Å². The minimum atomic E-state index is -1.14. The standard InChI is InChI=1S/C26H31N5O8/c32-22(33)7-6-19(25(35)30-10-12-31(13-11-30)26(36)37)28-24(34)20-16-21(39-18-8-14-38-15-9-18)29-23(27-20)17-4-2-1-3-5-17/h1-5,16,18-19H,6-15H2,(H,28,34)(H,32,33)(H,36,37)/t19-/m0/s1. The number of hydrogen-bond donors (Lipinski definition) is 3. The van der Waals surface area contributed by atoms with Gasteiger partial charge in [-0.1, -0.05) is 30.3 Å². The molecule has 13 heteroatoms. The fourth-order valence-electron chi connectivity index (χ4n) is 4.38. The first-order valence-electron chi connectivity index (χ1n) is 12.8. The molecule has 2 fully saturated rings. The summed E-state index contributed by atoms with van der Waals surface area (Å²) >= 11 is 0. The zero-order valence-corrected chi connectivity index (χ0v) is 21.3. The summed E-state index contributed by atoms with van der Waals surface area (Å²) in [4.78, 5) is 60.6. The zero-order chi connectivity index (χ0) is 27.8. The number of hydrogen-bond acceptors (Lipinski definition) is 8. The number of carboxylic acids is 1. The van der Waals surface area contributed by atoms with Crippen LogP contribution in [-0.4, -0.2) is 105 Å². The molecule has 0 aliphatic carbocycles. The summed E-state index contributed by atoms with van der Waals surface area (Å²) in [6.07, 6.45) is -0.346. The molecule has 0 unspecified atom stereocenters. The van der Waals surface area contributed by atoms with Crippen molar-refractivity contribution in [2.75, 3.05) is 39.4 Å². The van der Waals surface area contributed by atoms with Gasteiger partial charge in [-0.2, -0.15) is 4.98 Å². The minimum absolute atomic E-state index is 0.0327. The highest BCUT2D eigenvalue weighted by atomic mass is 16.5. The third-order valence-corrected chi connectivity index (χ3v) is 6.54. The van der Waals surface area contributed by atoms with Gasteiger partial charge >= 0.3 is 12.1 Å².